The van der Waals surface area contributed by atoms with Gasteiger partial charge >= 0.3 is 0 Å². The molecule has 7 N–H and O–H groups in total. The predicted molar refractivity (Wildman–Crippen MR) is 74.6 cm³/mol. The number of nitrogens with two attached hydrogens (primary N) is 1. The third kappa shape index (κ3) is 3.03. The number of hydrogen-bond donors (Lipinski definition) is 6. The van der Waals surface area contributed by atoms with Gasteiger partial charge in [0.2, 0.25) is 5.95 Å². The second-order valence-electron chi connectivity index (χ2n) is 4.74. The molecule has 2 rings (SSSR count). The molecule has 0 aromatic carbocycles. The van der Waals surface area contributed by atoms with Gasteiger partial charge in [-0.3, -0.25) is 9.78 Å². The lowest BCUT2D eigenvalue weighted by atomic mass is 10.0. The molecule has 0 aliphatic rings. The molecule has 2 aromatic heterocycles. The summed E-state index contributed by atoms with van der Waals surface area (Å²) in [6, 6.07) is 0. The van der Waals surface area contributed by atoms with Crippen molar-refractivity contribution in [2.24, 2.45) is 0 Å². The Labute approximate surface area is 119 Å². The number of rotatable bonds is 7. The Morgan fingerprint density at radius 1 is 1.33 bits per heavy atom. The second kappa shape index (κ2) is 6.18. The van der Waals surface area contributed by atoms with Gasteiger partial charge in [0.1, 0.15) is 0 Å². The molecule has 0 aliphatic heterocycles. The normalized spacial score (nSPS) is 12.1. The number of aromatic amines is 1. The van der Waals surface area contributed by atoms with Gasteiger partial charge in [-0.25, -0.2) is 4.98 Å². The van der Waals surface area contributed by atoms with Crippen molar-refractivity contribution in [3.05, 3.63) is 16.7 Å². The lowest BCUT2D eigenvalue weighted by Crippen LogP contribution is -2.55. The molecule has 0 atom stereocenters. The largest absolute Gasteiger partial charge is 0.394 e. The van der Waals surface area contributed by atoms with Crippen LogP contribution in [0, 0.1) is 0 Å². The van der Waals surface area contributed by atoms with Crippen LogP contribution in [0.1, 0.15) is 0 Å². The number of nitrogens with zero attached hydrogens (tertiary/aromatic N) is 3. The average molecular weight is 298 g/mol. The van der Waals surface area contributed by atoms with E-state index in [1.165, 1.54) is 6.33 Å². The van der Waals surface area contributed by atoms with E-state index in [-0.39, 0.29) is 11.5 Å². The van der Waals surface area contributed by atoms with Crippen LogP contribution in [0.15, 0.2) is 11.1 Å². The van der Waals surface area contributed by atoms with Crippen LogP contribution in [0.5, 0.6) is 0 Å². The van der Waals surface area contributed by atoms with E-state index >= 15 is 0 Å². The molecule has 0 saturated heterocycles. The molecule has 0 bridgehead atoms. The highest BCUT2D eigenvalue weighted by atomic mass is 16.3. The number of aromatic nitrogens is 4. The minimum absolute atomic E-state index is 0.00219. The summed E-state index contributed by atoms with van der Waals surface area (Å²) in [7, 11) is 0. The molecule has 116 valence electrons. The van der Waals surface area contributed by atoms with Crippen LogP contribution in [0.3, 0.4) is 0 Å². The molecule has 21 heavy (non-hydrogen) atoms. The van der Waals surface area contributed by atoms with Crippen LogP contribution in [-0.2, 0) is 6.54 Å². The quantitative estimate of drug-likeness (QED) is 0.315. The van der Waals surface area contributed by atoms with E-state index in [4.69, 9.17) is 5.73 Å². The number of anilines is 1. The first-order valence-corrected chi connectivity index (χ1v) is 6.33. The fourth-order valence-corrected chi connectivity index (χ4v) is 1.89. The SMILES string of the molecule is Nc1nc2c(ncn2CCNC(CO)(CO)CO)c(=O)[nH]1. The molecule has 0 unspecified atom stereocenters. The van der Waals surface area contributed by atoms with Gasteiger partial charge in [0.15, 0.2) is 11.2 Å². The number of H-pyrrole nitrogens is 1. The van der Waals surface area contributed by atoms with E-state index in [0.29, 0.717) is 18.7 Å². The Bertz CT molecular complexity index is 654. The first kappa shape index (κ1) is 15.4. The summed E-state index contributed by atoms with van der Waals surface area (Å²) in [6.07, 6.45) is 1.45. The van der Waals surface area contributed by atoms with Gasteiger partial charge in [-0.15, -0.1) is 0 Å². The van der Waals surface area contributed by atoms with Gasteiger partial charge in [0.25, 0.3) is 5.56 Å². The van der Waals surface area contributed by atoms with Crippen molar-refractivity contribution in [2.75, 3.05) is 32.1 Å². The highest BCUT2D eigenvalue weighted by molar-refractivity contribution is 5.70. The summed E-state index contributed by atoms with van der Waals surface area (Å²) < 4.78 is 1.62. The third-order valence-corrected chi connectivity index (χ3v) is 3.25. The Kier molecular flexibility index (Phi) is 4.53. The van der Waals surface area contributed by atoms with Crippen LogP contribution in [0.2, 0.25) is 0 Å². The van der Waals surface area contributed by atoms with Gasteiger partial charge in [-0.2, -0.15) is 4.98 Å². The first-order valence-electron chi connectivity index (χ1n) is 6.33. The molecule has 2 heterocycles. The van der Waals surface area contributed by atoms with Crippen molar-refractivity contribution in [1.82, 2.24) is 24.8 Å². The number of nitrogen functional groups attached to an aromatic ring is 1. The molecule has 0 saturated carbocycles. The van der Waals surface area contributed by atoms with E-state index in [9.17, 15) is 20.1 Å². The molecular formula is C11H18N6O4. The van der Waals surface area contributed by atoms with E-state index in [1.807, 2.05) is 0 Å². The molecule has 0 aliphatic carbocycles. The molecule has 0 radical (unpaired) electrons. The first-order chi connectivity index (χ1) is 10.0. The van der Waals surface area contributed by atoms with Crippen LogP contribution >= 0.6 is 0 Å². The number of fused-ring (bicyclic) bond motifs is 1. The molecule has 0 fully saturated rings. The van der Waals surface area contributed by atoms with Crippen LogP contribution in [0.4, 0.5) is 5.95 Å². The van der Waals surface area contributed by atoms with Gasteiger partial charge in [-0.1, -0.05) is 0 Å². The zero-order chi connectivity index (χ0) is 15.5. The molecule has 0 spiro atoms. The number of imidazole rings is 1. The average Bonchev–Trinajstić information content (AvgIpc) is 2.87. The van der Waals surface area contributed by atoms with Crippen molar-refractivity contribution in [3.63, 3.8) is 0 Å². The molecule has 2 aromatic rings. The Morgan fingerprint density at radius 3 is 2.62 bits per heavy atom. The van der Waals surface area contributed by atoms with Gasteiger partial charge in [0.05, 0.1) is 31.7 Å². The van der Waals surface area contributed by atoms with E-state index < -0.39 is 30.9 Å². The highest BCUT2D eigenvalue weighted by Crippen LogP contribution is 2.06. The van der Waals surface area contributed by atoms with E-state index in [0.717, 1.165) is 0 Å². The summed E-state index contributed by atoms with van der Waals surface area (Å²) in [5.41, 5.74) is 4.45. The fourth-order valence-electron chi connectivity index (χ4n) is 1.89. The lowest BCUT2D eigenvalue weighted by molar-refractivity contribution is 0.0423. The van der Waals surface area contributed by atoms with E-state index in [1.54, 1.807) is 4.57 Å². The summed E-state index contributed by atoms with van der Waals surface area (Å²) in [5.74, 6) is -0.00219. The topological polar surface area (TPSA) is 162 Å². The predicted octanol–water partition coefficient (Wildman–Crippen LogP) is -2.99. The minimum atomic E-state index is -1.15. The Balaban J connectivity index is 2.13. The summed E-state index contributed by atoms with van der Waals surface area (Å²) in [6.45, 7) is -0.531. The Morgan fingerprint density at radius 2 is 2.00 bits per heavy atom. The van der Waals surface area contributed by atoms with Crippen molar-refractivity contribution in [1.29, 1.82) is 0 Å². The van der Waals surface area contributed by atoms with E-state index in [2.05, 4.69) is 20.3 Å². The maximum absolute atomic E-state index is 11.6. The van der Waals surface area contributed by atoms with Gasteiger partial charge in [0, 0.05) is 13.1 Å². The molecular weight excluding hydrogens is 280 g/mol. The highest BCUT2D eigenvalue weighted by Gasteiger charge is 2.26. The smallest absolute Gasteiger partial charge is 0.280 e. The monoisotopic (exact) mass is 298 g/mol. The van der Waals surface area contributed by atoms with Crippen molar-refractivity contribution < 1.29 is 15.3 Å². The number of aliphatic hydroxyl groups is 3. The Hall–Kier alpha value is -2.01. The second-order valence-corrected chi connectivity index (χ2v) is 4.74. The number of nitrogens with one attached hydrogen (secondary N) is 2. The zero-order valence-corrected chi connectivity index (χ0v) is 11.3. The van der Waals surface area contributed by atoms with Crippen LogP contribution < -0.4 is 16.6 Å². The lowest BCUT2D eigenvalue weighted by Gasteiger charge is -2.28. The summed E-state index contributed by atoms with van der Waals surface area (Å²) in [4.78, 5) is 22.0. The third-order valence-electron chi connectivity index (χ3n) is 3.25. The molecule has 10 nitrogen and oxygen atoms in total. The number of aliphatic hydroxyl groups excluding tert-OH is 3. The van der Waals surface area contributed by atoms with Crippen molar-refractivity contribution in [2.45, 2.75) is 12.1 Å². The standard InChI is InChI=1S/C11H18N6O4/c12-10-15-8-7(9(21)16-10)13-6-17(8)2-1-14-11(3-18,4-19)5-20/h6,14,18-20H,1-5H2,(H3,12,15,16,21). The summed E-state index contributed by atoms with van der Waals surface area (Å²) in [5, 5.41) is 30.5. The van der Waals surface area contributed by atoms with Crippen LogP contribution in [0.25, 0.3) is 11.2 Å². The van der Waals surface area contributed by atoms with Crippen molar-refractivity contribution in [3.8, 4) is 0 Å². The number of hydrogen-bond acceptors (Lipinski definition) is 8. The maximum Gasteiger partial charge on any atom is 0.280 e. The summed E-state index contributed by atoms with van der Waals surface area (Å²) >= 11 is 0. The fraction of sp³-hybridized carbons (Fsp3) is 0.545. The van der Waals surface area contributed by atoms with Gasteiger partial charge < -0.3 is 30.9 Å². The van der Waals surface area contributed by atoms with Crippen LogP contribution in [-0.4, -0.2) is 66.7 Å². The minimum Gasteiger partial charge on any atom is -0.394 e. The zero-order valence-electron chi connectivity index (χ0n) is 11.3. The molecule has 0 amide bonds. The maximum atomic E-state index is 11.6. The van der Waals surface area contributed by atoms with Gasteiger partial charge in [-0.05, 0) is 0 Å². The molecule has 10 heteroatoms. The van der Waals surface area contributed by atoms with Crippen molar-refractivity contribution >= 4 is 17.1 Å².